The van der Waals surface area contributed by atoms with Gasteiger partial charge in [-0.1, -0.05) is 47.5 Å². The lowest BCUT2D eigenvalue weighted by Gasteiger charge is -2.18. The summed E-state index contributed by atoms with van der Waals surface area (Å²) < 4.78 is 14.6. The fraction of sp³-hybridized carbons (Fsp3) is 0.136. The third-order valence-corrected chi connectivity index (χ3v) is 6.62. The Labute approximate surface area is 172 Å². The van der Waals surface area contributed by atoms with Gasteiger partial charge < -0.3 is 0 Å². The highest BCUT2D eigenvalue weighted by atomic mass is 35.5. The second-order valence-corrected chi connectivity index (χ2v) is 8.50. The topological polar surface area (TPSA) is 12.4 Å². The van der Waals surface area contributed by atoms with Gasteiger partial charge in [0.15, 0.2) is 0 Å². The van der Waals surface area contributed by atoms with Crippen LogP contribution in [0.4, 0.5) is 10.1 Å². The summed E-state index contributed by atoms with van der Waals surface area (Å²) in [6.07, 6.45) is 0.571. The molecule has 0 unspecified atom stereocenters. The fourth-order valence-electron chi connectivity index (χ4n) is 3.20. The normalized spacial score (nSPS) is 16.4. The van der Waals surface area contributed by atoms with E-state index >= 15 is 0 Å². The molecule has 0 saturated carbocycles. The number of nitrogens with zero attached hydrogens (tertiary/aromatic N) is 1. The summed E-state index contributed by atoms with van der Waals surface area (Å²) in [6, 6.07) is 18.6. The van der Waals surface area contributed by atoms with Gasteiger partial charge in [-0.25, -0.2) is 4.39 Å². The van der Waals surface area contributed by atoms with Gasteiger partial charge in [-0.2, -0.15) is 0 Å². The molecule has 1 aliphatic rings. The summed E-state index contributed by atoms with van der Waals surface area (Å²) in [5.41, 5.74) is 4.30. The van der Waals surface area contributed by atoms with E-state index < -0.39 is 0 Å². The first-order chi connectivity index (χ1) is 13.0. The summed E-state index contributed by atoms with van der Waals surface area (Å²) in [6.45, 7) is 1.97. The van der Waals surface area contributed by atoms with Crippen molar-refractivity contribution in [3.8, 4) is 0 Å². The molecular weight excluding hydrogens is 400 g/mol. The maximum absolute atomic E-state index is 14.6. The Balaban J connectivity index is 1.85. The molecule has 0 amide bonds. The minimum Gasteiger partial charge on any atom is -0.252 e. The van der Waals surface area contributed by atoms with Crippen LogP contribution in [0.15, 0.2) is 70.6 Å². The molecule has 0 radical (unpaired) electrons. The van der Waals surface area contributed by atoms with Gasteiger partial charge in [-0.15, -0.1) is 11.8 Å². The Bertz CT molecular complexity index is 1030. The maximum Gasteiger partial charge on any atom is 0.129 e. The van der Waals surface area contributed by atoms with Gasteiger partial charge in [0.1, 0.15) is 5.82 Å². The molecule has 1 aliphatic heterocycles. The number of thioether (sulfide) groups is 1. The third-order valence-electron chi connectivity index (χ3n) is 4.58. The lowest BCUT2D eigenvalue weighted by molar-refractivity contribution is 0.609. The number of para-hydroxylation sites is 1. The van der Waals surface area contributed by atoms with E-state index in [9.17, 15) is 4.39 Å². The van der Waals surface area contributed by atoms with Gasteiger partial charge in [0.25, 0.3) is 0 Å². The molecule has 0 fully saturated rings. The van der Waals surface area contributed by atoms with Crippen LogP contribution in [0.5, 0.6) is 0 Å². The first kappa shape index (κ1) is 18.5. The Morgan fingerprint density at radius 2 is 1.81 bits per heavy atom. The van der Waals surface area contributed by atoms with Crippen molar-refractivity contribution in [3.05, 3.63) is 93.2 Å². The van der Waals surface area contributed by atoms with E-state index in [0.717, 1.165) is 32.4 Å². The van der Waals surface area contributed by atoms with Crippen LogP contribution in [0.3, 0.4) is 0 Å². The van der Waals surface area contributed by atoms with Crippen LogP contribution in [0, 0.1) is 12.7 Å². The highest BCUT2D eigenvalue weighted by Crippen LogP contribution is 2.47. The molecule has 0 spiro atoms. The van der Waals surface area contributed by atoms with E-state index in [1.165, 1.54) is 6.07 Å². The maximum atomic E-state index is 14.6. The zero-order valence-electron chi connectivity index (χ0n) is 14.5. The SMILES string of the molecule is Cc1cc(C2=Nc3ccccc3S[C@H](c3c(F)cccc3Cl)C2)ccc1Cl. The molecule has 1 atom stereocenters. The molecule has 4 rings (SSSR count). The molecule has 3 aromatic carbocycles. The van der Waals surface area contributed by atoms with Crippen LogP contribution in [-0.2, 0) is 0 Å². The molecule has 0 bridgehead atoms. The standard InChI is InChI=1S/C22H16Cl2FNS/c1-13-11-14(9-10-15(13)23)19-12-21(22-16(24)5-4-6-17(22)25)27-20-8-3-2-7-18(20)26-19/h2-11,21H,12H2,1H3/t21-/m0/s1. The number of fused-ring (bicyclic) bond motifs is 1. The zero-order chi connectivity index (χ0) is 19.0. The molecule has 0 saturated heterocycles. The Hall–Kier alpha value is -1.81. The van der Waals surface area contributed by atoms with E-state index in [-0.39, 0.29) is 11.1 Å². The molecule has 3 aromatic rings. The zero-order valence-corrected chi connectivity index (χ0v) is 16.9. The van der Waals surface area contributed by atoms with Crippen LogP contribution < -0.4 is 0 Å². The van der Waals surface area contributed by atoms with Crippen molar-refractivity contribution in [2.45, 2.75) is 23.5 Å². The lowest BCUT2D eigenvalue weighted by atomic mass is 9.99. The van der Waals surface area contributed by atoms with Crippen molar-refractivity contribution in [3.63, 3.8) is 0 Å². The smallest absolute Gasteiger partial charge is 0.129 e. The van der Waals surface area contributed by atoms with Gasteiger partial charge in [0, 0.05) is 37.9 Å². The van der Waals surface area contributed by atoms with Crippen molar-refractivity contribution < 1.29 is 4.39 Å². The number of aryl methyl sites for hydroxylation is 1. The second-order valence-electron chi connectivity index (χ2n) is 6.44. The first-order valence-electron chi connectivity index (χ1n) is 8.56. The highest BCUT2D eigenvalue weighted by Gasteiger charge is 2.26. The van der Waals surface area contributed by atoms with Crippen molar-refractivity contribution in [1.29, 1.82) is 0 Å². The molecule has 0 aromatic heterocycles. The average Bonchev–Trinajstić information content (AvgIpc) is 2.83. The summed E-state index contributed by atoms with van der Waals surface area (Å²) in [5, 5.41) is 0.993. The number of aliphatic imine (C=N–C) groups is 1. The number of rotatable bonds is 2. The van der Waals surface area contributed by atoms with E-state index in [2.05, 4.69) is 0 Å². The Morgan fingerprint density at radius 3 is 2.59 bits per heavy atom. The van der Waals surface area contributed by atoms with E-state index in [1.807, 2.05) is 49.4 Å². The molecule has 0 aliphatic carbocycles. The molecule has 136 valence electrons. The van der Waals surface area contributed by atoms with Crippen molar-refractivity contribution in [2.75, 3.05) is 0 Å². The molecule has 0 N–H and O–H groups in total. The Kier molecular flexibility index (Phi) is 5.27. The summed E-state index contributed by atoms with van der Waals surface area (Å²) in [7, 11) is 0. The molecule has 1 nitrogen and oxygen atoms in total. The summed E-state index contributed by atoms with van der Waals surface area (Å²) in [4.78, 5) is 5.92. The monoisotopic (exact) mass is 415 g/mol. The number of halogens is 3. The second kappa shape index (κ2) is 7.67. The molecule has 5 heteroatoms. The van der Waals surface area contributed by atoms with Gasteiger partial charge >= 0.3 is 0 Å². The number of benzene rings is 3. The van der Waals surface area contributed by atoms with Gasteiger partial charge in [0.05, 0.1) is 5.69 Å². The molecule has 1 heterocycles. The van der Waals surface area contributed by atoms with E-state index in [0.29, 0.717) is 17.0 Å². The van der Waals surface area contributed by atoms with Crippen LogP contribution in [0.25, 0.3) is 0 Å². The highest BCUT2D eigenvalue weighted by molar-refractivity contribution is 7.99. The minimum atomic E-state index is -0.286. The van der Waals surface area contributed by atoms with Gasteiger partial charge in [-0.05, 0) is 54.4 Å². The number of hydrogen-bond donors (Lipinski definition) is 0. The number of hydrogen-bond acceptors (Lipinski definition) is 2. The summed E-state index contributed by atoms with van der Waals surface area (Å²) >= 11 is 14.2. The van der Waals surface area contributed by atoms with E-state index in [4.69, 9.17) is 28.2 Å². The van der Waals surface area contributed by atoms with Gasteiger partial charge in [-0.3, -0.25) is 4.99 Å². The molecular formula is C22H16Cl2FNS. The fourth-order valence-corrected chi connectivity index (χ4v) is 4.97. The van der Waals surface area contributed by atoms with Crippen LogP contribution >= 0.6 is 35.0 Å². The Morgan fingerprint density at radius 1 is 1.00 bits per heavy atom. The quantitative estimate of drug-likeness (QED) is 0.415. The lowest BCUT2D eigenvalue weighted by Crippen LogP contribution is -2.07. The minimum absolute atomic E-state index is 0.169. The average molecular weight is 416 g/mol. The van der Waals surface area contributed by atoms with Crippen LogP contribution in [0.2, 0.25) is 10.0 Å². The van der Waals surface area contributed by atoms with Gasteiger partial charge in [0.2, 0.25) is 0 Å². The summed E-state index contributed by atoms with van der Waals surface area (Å²) in [5.74, 6) is -0.286. The van der Waals surface area contributed by atoms with E-state index in [1.54, 1.807) is 23.9 Å². The first-order valence-corrected chi connectivity index (χ1v) is 10.2. The predicted molar refractivity (Wildman–Crippen MR) is 113 cm³/mol. The molecule has 27 heavy (non-hydrogen) atoms. The van der Waals surface area contributed by atoms with Crippen molar-refractivity contribution >= 4 is 46.4 Å². The third kappa shape index (κ3) is 3.77. The van der Waals surface area contributed by atoms with Crippen LogP contribution in [-0.4, -0.2) is 5.71 Å². The van der Waals surface area contributed by atoms with Crippen molar-refractivity contribution in [2.24, 2.45) is 4.99 Å². The van der Waals surface area contributed by atoms with Crippen LogP contribution in [0.1, 0.15) is 28.4 Å². The van der Waals surface area contributed by atoms with Crippen molar-refractivity contribution in [1.82, 2.24) is 0 Å². The largest absolute Gasteiger partial charge is 0.252 e. The predicted octanol–water partition coefficient (Wildman–Crippen LogP) is 7.80.